The van der Waals surface area contributed by atoms with Crippen molar-refractivity contribution in [1.82, 2.24) is 5.32 Å². The Hall–Kier alpha value is -0.440. The molecule has 0 aromatic heterocycles. The first-order valence-electron chi connectivity index (χ1n) is 6.04. The molecule has 0 amide bonds. The van der Waals surface area contributed by atoms with Crippen LogP contribution in [0, 0.1) is 0 Å². The Morgan fingerprint density at radius 1 is 1.35 bits per heavy atom. The summed E-state index contributed by atoms with van der Waals surface area (Å²) in [6, 6.07) is 4.31. The van der Waals surface area contributed by atoms with Gasteiger partial charge < -0.3 is 10.1 Å². The van der Waals surface area contributed by atoms with Gasteiger partial charge in [0.25, 0.3) is 0 Å². The average molecular weight is 274 g/mol. The summed E-state index contributed by atoms with van der Waals surface area (Å²) in [5, 5.41) is 4.70. The van der Waals surface area contributed by atoms with Gasteiger partial charge in [0, 0.05) is 23.2 Å². The van der Waals surface area contributed by atoms with E-state index in [1.54, 1.807) is 6.07 Å². The molecule has 0 spiro atoms. The van der Waals surface area contributed by atoms with Crippen LogP contribution in [-0.2, 0) is 6.54 Å². The maximum atomic E-state index is 6.16. The Bertz CT molecular complexity index is 391. The first kappa shape index (κ1) is 13.0. The predicted molar refractivity (Wildman–Crippen MR) is 72.1 cm³/mol. The van der Waals surface area contributed by atoms with E-state index in [1.165, 1.54) is 12.8 Å². The highest BCUT2D eigenvalue weighted by molar-refractivity contribution is 6.35. The van der Waals surface area contributed by atoms with Crippen molar-refractivity contribution >= 4 is 23.2 Å². The van der Waals surface area contributed by atoms with E-state index >= 15 is 0 Å². The summed E-state index contributed by atoms with van der Waals surface area (Å²) in [6.07, 6.45) is 3.49. The third kappa shape index (κ3) is 3.77. The summed E-state index contributed by atoms with van der Waals surface area (Å²) >= 11 is 12.2. The minimum absolute atomic E-state index is 0.596. The van der Waals surface area contributed by atoms with E-state index in [-0.39, 0.29) is 0 Å². The smallest absolute Gasteiger partial charge is 0.142 e. The molecule has 1 fully saturated rings. The lowest BCUT2D eigenvalue weighted by molar-refractivity contribution is 0.313. The molecule has 2 nitrogen and oxygen atoms in total. The van der Waals surface area contributed by atoms with Crippen molar-refractivity contribution in [3.63, 3.8) is 0 Å². The molecule has 0 radical (unpaired) electrons. The maximum Gasteiger partial charge on any atom is 0.142 e. The van der Waals surface area contributed by atoms with Gasteiger partial charge in [-0.15, -0.1) is 0 Å². The first-order valence-corrected chi connectivity index (χ1v) is 6.80. The summed E-state index contributed by atoms with van der Waals surface area (Å²) in [5.74, 6) is 0.770. The van der Waals surface area contributed by atoms with E-state index < -0.39 is 0 Å². The lowest BCUT2D eigenvalue weighted by Crippen LogP contribution is -2.16. The molecular formula is C13H17Cl2NO. The molecule has 2 rings (SSSR count). The minimum atomic E-state index is 0.596. The minimum Gasteiger partial charge on any atom is -0.492 e. The molecule has 0 unspecified atom stereocenters. The van der Waals surface area contributed by atoms with Crippen molar-refractivity contribution in [2.45, 2.75) is 38.8 Å². The molecule has 1 N–H and O–H groups in total. The Kier molecular flexibility index (Phi) is 4.55. The Balaban J connectivity index is 2.12. The van der Waals surface area contributed by atoms with Crippen molar-refractivity contribution < 1.29 is 4.74 Å². The van der Waals surface area contributed by atoms with Crippen LogP contribution in [0.15, 0.2) is 12.1 Å². The molecule has 0 heterocycles. The number of hydrogen-bond acceptors (Lipinski definition) is 2. The molecule has 0 bridgehead atoms. The molecule has 0 saturated heterocycles. The van der Waals surface area contributed by atoms with Crippen molar-refractivity contribution in [2.24, 2.45) is 0 Å². The fourth-order valence-corrected chi connectivity index (χ4v) is 2.24. The summed E-state index contributed by atoms with van der Waals surface area (Å²) in [6.45, 7) is 3.52. The van der Waals surface area contributed by atoms with E-state index in [1.807, 2.05) is 6.07 Å². The normalized spacial score (nSPS) is 15.0. The molecule has 1 aromatic carbocycles. The standard InChI is InChI=1S/C13H17Cl2NO/c1-2-5-17-13-9(8-16-11-3-4-11)6-10(14)7-12(13)15/h6-7,11,16H,2-5,8H2,1H3. The van der Waals surface area contributed by atoms with Crippen LogP contribution in [0.3, 0.4) is 0 Å². The number of benzene rings is 1. The zero-order chi connectivity index (χ0) is 12.3. The van der Waals surface area contributed by atoms with Crippen LogP contribution >= 0.6 is 23.2 Å². The molecule has 0 atom stereocenters. The predicted octanol–water partition coefficient (Wildman–Crippen LogP) is 4.03. The SMILES string of the molecule is CCCOc1c(Cl)cc(Cl)cc1CNC1CC1. The van der Waals surface area contributed by atoms with Gasteiger partial charge in [-0.1, -0.05) is 30.1 Å². The number of hydrogen-bond donors (Lipinski definition) is 1. The molecule has 1 aliphatic rings. The van der Waals surface area contributed by atoms with Crippen LogP contribution in [0.25, 0.3) is 0 Å². The van der Waals surface area contributed by atoms with Crippen LogP contribution in [0.2, 0.25) is 10.0 Å². The van der Waals surface area contributed by atoms with Gasteiger partial charge in [0.1, 0.15) is 5.75 Å². The summed E-state index contributed by atoms with van der Waals surface area (Å²) in [7, 11) is 0. The highest BCUT2D eigenvalue weighted by Gasteiger charge is 2.21. The van der Waals surface area contributed by atoms with E-state index in [4.69, 9.17) is 27.9 Å². The molecule has 0 aliphatic heterocycles. The average Bonchev–Trinajstić information content (AvgIpc) is 3.08. The van der Waals surface area contributed by atoms with Gasteiger partial charge >= 0.3 is 0 Å². The topological polar surface area (TPSA) is 21.3 Å². The largest absolute Gasteiger partial charge is 0.492 e. The quantitative estimate of drug-likeness (QED) is 0.845. The highest BCUT2D eigenvalue weighted by Crippen LogP contribution is 2.33. The van der Waals surface area contributed by atoms with Gasteiger partial charge in [-0.25, -0.2) is 0 Å². The molecule has 1 saturated carbocycles. The zero-order valence-electron chi connectivity index (χ0n) is 9.93. The Morgan fingerprint density at radius 3 is 2.76 bits per heavy atom. The van der Waals surface area contributed by atoms with Gasteiger partial charge in [0.15, 0.2) is 0 Å². The van der Waals surface area contributed by atoms with Crippen molar-refractivity contribution in [3.8, 4) is 5.75 Å². The van der Waals surface area contributed by atoms with Gasteiger partial charge in [-0.05, 0) is 31.4 Å². The maximum absolute atomic E-state index is 6.16. The van der Waals surface area contributed by atoms with Gasteiger partial charge in [0.05, 0.1) is 11.6 Å². The first-order chi connectivity index (χ1) is 8.20. The lowest BCUT2D eigenvalue weighted by Gasteiger charge is -2.14. The number of nitrogens with one attached hydrogen (secondary N) is 1. The number of ether oxygens (including phenoxy) is 1. The summed E-state index contributed by atoms with van der Waals surface area (Å²) in [4.78, 5) is 0. The van der Waals surface area contributed by atoms with E-state index in [0.717, 1.165) is 24.3 Å². The number of rotatable bonds is 6. The number of halogens is 2. The van der Waals surface area contributed by atoms with Crippen molar-refractivity contribution in [2.75, 3.05) is 6.61 Å². The second kappa shape index (κ2) is 5.94. The van der Waals surface area contributed by atoms with Crippen LogP contribution < -0.4 is 10.1 Å². The summed E-state index contributed by atoms with van der Waals surface area (Å²) in [5.41, 5.74) is 1.04. The molecule has 94 valence electrons. The van der Waals surface area contributed by atoms with Gasteiger partial charge in [0.2, 0.25) is 0 Å². The summed E-state index contributed by atoms with van der Waals surface area (Å²) < 4.78 is 5.69. The molecular weight excluding hydrogens is 257 g/mol. The fourth-order valence-electron chi connectivity index (χ4n) is 1.65. The fraction of sp³-hybridized carbons (Fsp3) is 0.538. The second-order valence-electron chi connectivity index (χ2n) is 4.38. The molecule has 1 aliphatic carbocycles. The third-order valence-electron chi connectivity index (χ3n) is 2.69. The molecule has 17 heavy (non-hydrogen) atoms. The van der Waals surface area contributed by atoms with Crippen LogP contribution in [0.4, 0.5) is 0 Å². The van der Waals surface area contributed by atoms with E-state index in [2.05, 4.69) is 12.2 Å². The van der Waals surface area contributed by atoms with E-state index in [0.29, 0.717) is 22.7 Å². The molecule has 1 aromatic rings. The third-order valence-corrected chi connectivity index (χ3v) is 3.19. The zero-order valence-corrected chi connectivity index (χ0v) is 11.4. The Labute approximate surface area is 112 Å². The molecule has 4 heteroatoms. The monoisotopic (exact) mass is 273 g/mol. The Morgan fingerprint density at radius 2 is 2.12 bits per heavy atom. The second-order valence-corrected chi connectivity index (χ2v) is 5.22. The van der Waals surface area contributed by atoms with Crippen LogP contribution in [0.1, 0.15) is 31.7 Å². The van der Waals surface area contributed by atoms with Crippen molar-refractivity contribution in [3.05, 3.63) is 27.7 Å². The van der Waals surface area contributed by atoms with E-state index in [9.17, 15) is 0 Å². The highest BCUT2D eigenvalue weighted by atomic mass is 35.5. The van der Waals surface area contributed by atoms with Crippen molar-refractivity contribution in [1.29, 1.82) is 0 Å². The van der Waals surface area contributed by atoms with Gasteiger partial charge in [-0.2, -0.15) is 0 Å². The lowest BCUT2D eigenvalue weighted by atomic mass is 10.2. The van der Waals surface area contributed by atoms with Crippen LogP contribution in [0.5, 0.6) is 5.75 Å². The van der Waals surface area contributed by atoms with Crippen LogP contribution in [-0.4, -0.2) is 12.6 Å². The van der Waals surface area contributed by atoms with Gasteiger partial charge in [-0.3, -0.25) is 0 Å².